The second-order valence-corrected chi connectivity index (χ2v) is 8.04. The van der Waals surface area contributed by atoms with Gasteiger partial charge in [0.15, 0.2) is 0 Å². The number of carbonyl (C=O) groups is 1. The smallest absolute Gasteiger partial charge is 0.243 e. The lowest BCUT2D eigenvalue weighted by molar-refractivity contribution is -0.130. The van der Waals surface area contributed by atoms with Crippen molar-refractivity contribution in [3.8, 4) is 11.5 Å². The molecule has 2 rings (SSSR count). The Kier molecular flexibility index (Phi) is 6.81. The van der Waals surface area contributed by atoms with Gasteiger partial charge in [0.2, 0.25) is 15.9 Å². The second-order valence-electron chi connectivity index (χ2n) is 6.00. The van der Waals surface area contributed by atoms with E-state index in [1.807, 2.05) is 24.3 Å². The van der Waals surface area contributed by atoms with Gasteiger partial charge in [0.1, 0.15) is 11.5 Å². The van der Waals surface area contributed by atoms with Crippen molar-refractivity contribution >= 4 is 15.9 Å². The quantitative estimate of drug-likeness (QED) is 0.687. The second kappa shape index (κ2) is 8.88. The maximum atomic E-state index is 12.6. The predicted octanol–water partition coefficient (Wildman–Crippen LogP) is 1.98. The third-order valence-corrected chi connectivity index (χ3v) is 5.97. The number of hydrogen-bond acceptors (Lipinski definition) is 5. The molecule has 0 bridgehead atoms. The maximum Gasteiger partial charge on any atom is 0.243 e. The van der Waals surface area contributed by atoms with Gasteiger partial charge >= 0.3 is 0 Å². The zero-order valence-corrected chi connectivity index (χ0v) is 16.7. The molecule has 0 N–H and O–H groups in total. The van der Waals surface area contributed by atoms with Crippen molar-refractivity contribution < 1.29 is 22.7 Å². The summed E-state index contributed by atoms with van der Waals surface area (Å²) >= 11 is 0. The molecule has 0 heterocycles. The molecule has 0 saturated heterocycles. The molecule has 1 amide bonds. The van der Waals surface area contributed by atoms with E-state index in [9.17, 15) is 13.2 Å². The summed E-state index contributed by atoms with van der Waals surface area (Å²) in [5.74, 6) is 0.918. The molecule has 2 aromatic rings. The van der Waals surface area contributed by atoms with E-state index in [4.69, 9.17) is 9.47 Å². The Morgan fingerprint density at radius 3 is 2.19 bits per heavy atom. The number of sulfonamides is 1. The first-order chi connectivity index (χ1) is 12.8. The fourth-order valence-electron chi connectivity index (χ4n) is 2.50. The minimum Gasteiger partial charge on any atom is -0.497 e. The zero-order chi connectivity index (χ0) is 20.0. The van der Waals surface area contributed by atoms with E-state index >= 15 is 0 Å². The normalized spacial score (nSPS) is 11.3. The summed E-state index contributed by atoms with van der Waals surface area (Å²) in [5.41, 5.74) is 0.844. The van der Waals surface area contributed by atoms with E-state index in [2.05, 4.69) is 0 Å². The van der Waals surface area contributed by atoms with Crippen molar-refractivity contribution in [1.82, 2.24) is 9.21 Å². The van der Waals surface area contributed by atoms with Crippen LogP contribution in [0.15, 0.2) is 53.4 Å². The molecule has 0 radical (unpaired) electrons. The average molecular weight is 392 g/mol. The van der Waals surface area contributed by atoms with Crippen molar-refractivity contribution in [2.45, 2.75) is 11.4 Å². The van der Waals surface area contributed by atoms with Gasteiger partial charge in [-0.1, -0.05) is 18.2 Å². The molecule has 0 aliphatic heterocycles. The largest absolute Gasteiger partial charge is 0.497 e. The van der Waals surface area contributed by atoms with Gasteiger partial charge in [-0.3, -0.25) is 4.79 Å². The number of likely N-dealkylation sites (N-methyl/N-ethyl adjacent to an activating group) is 2. The van der Waals surface area contributed by atoms with Gasteiger partial charge in [-0.25, -0.2) is 8.42 Å². The molecule has 27 heavy (non-hydrogen) atoms. The molecule has 0 spiro atoms. The highest BCUT2D eigenvalue weighted by molar-refractivity contribution is 7.89. The SMILES string of the molecule is COc1ccc(S(=O)(=O)N(C)CC(=O)N(C)Cc2ccccc2OC)cc1. The Balaban J connectivity index is 2.06. The monoisotopic (exact) mass is 392 g/mol. The van der Waals surface area contributed by atoms with E-state index in [1.165, 1.54) is 31.2 Å². The number of amides is 1. The molecule has 0 aromatic heterocycles. The standard InChI is InChI=1S/C19H24N2O5S/c1-20(13-15-7-5-6-8-18(15)26-4)19(22)14-21(2)27(23,24)17-11-9-16(25-3)10-12-17/h5-12H,13-14H2,1-4H3. The van der Waals surface area contributed by atoms with Crippen LogP contribution < -0.4 is 9.47 Å². The van der Waals surface area contributed by atoms with Crippen LogP contribution in [0, 0.1) is 0 Å². The van der Waals surface area contributed by atoms with Crippen LogP contribution in [0.25, 0.3) is 0 Å². The van der Waals surface area contributed by atoms with Crippen LogP contribution in [-0.4, -0.2) is 58.4 Å². The van der Waals surface area contributed by atoms with Gasteiger partial charge in [0.25, 0.3) is 0 Å². The molecule has 0 aliphatic carbocycles. The van der Waals surface area contributed by atoms with Crippen LogP contribution in [0.5, 0.6) is 11.5 Å². The molecule has 2 aromatic carbocycles. The van der Waals surface area contributed by atoms with E-state index in [0.717, 1.165) is 9.87 Å². The van der Waals surface area contributed by atoms with Crippen molar-refractivity contribution in [2.24, 2.45) is 0 Å². The number of nitrogens with zero attached hydrogens (tertiary/aromatic N) is 2. The van der Waals surface area contributed by atoms with Gasteiger partial charge in [-0.15, -0.1) is 0 Å². The Hall–Kier alpha value is -2.58. The fourth-order valence-corrected chi connectivity index (χ4v) is 3.62. The van der Waals surface area contributed by atoms with Crippen LogP contribution in [-0.2, 0) is 21.4 Å². The molecule has 8 heteroatoms. The van der Waals surface area contributed by atoms with Crippen LogP contribution in [0.2, 0.25) is 0 Å². The third-order valence-electron chi connectivity index (χ3n) is 4.15. The summed E-state index contributed by atoms with van der Waals surface area (Å²) in [6.07, 6.45) is 0. The Labute approximate surface area is 160 Å². The topological polar surface area (TPSA) is 76.2 Å². The molecule has 0 atom stereocenters. The summed E-state index contributed by atoms with van der Waals surface area (Å²) in [4.78, 5) is 14.1. The van der Waals surface area contributed by atoms with E-state index in [1.54, 1.807) is 26.3 Å². The molecular weight excluding hydrogens is 368 g/mol. The molecule has 0 aliphatic rings. The first-order valence-electron chi connectivity index (χ1n) is 8.26. The minimum absolute atomic E-state index is 0.103. The Bertz CT molecular complexity index is 881. The minimum atomic E-state index is -3.77. The number of methoxy groups -OCH3 is 2. The average Bonchev–Trinajstić information content (AvgIpc) is 2.68. The lowest BCUT2D eigenvalue weighted by Gasteiger charge is -2.22. The molecule has 7 nitrogen and oxygen atoms in total. The van der Waals surface area contributed by atoms with E-state index in [-0.39, 0.29) is 17.3 Å². The first kappa shape index (κ1) is 20.7. The summed E-state index contributed by atoms with van der Waals surface area (Å²) < 4.78 is 36.6. The summed E-state index contributed by atoms with van der Waals surface area (Å²) in [5, 5.41) is 0. The fraction of sp³-hybridized carbons (Fsp3) is 0.316. The molecule has 0 fully saturated rings. The number of para-hydroxylation sites is 1. The highest BCUT2D eigenvalue weighted by Crippen LogP contribution is 2.20. The van der Waals surface area contributed by atoms with Crippen LogP contribution in [0.4, 0.5) is 0 Å². The van der Waals surface area contributed by atoms with Crippen LogP contribution >= 0.6 is 0 Å². The van der Waals surface area contributed by atoms with E-state index in [0.29, 0.717) is 18.0 Å². The summed E-state index contributed by atoms with van der Waals surface area (Å²) in [6.45, 7) is 0.0548. The molecule has 0 unspecified atom stereocenters. The number of rotatable bonds is 8. The van der Waals surface area contributed by atoms with Crippen molar-refractivity contribution in [3.05, 3.63) is 54.1 Å². The molecule has 146 valence electrons. The number of benzene rings is 2. The van der Waals surface area contributed by atoms with Gasteiger partial charge in [0.05, 0.1) is 25.7 Å². The van der Waals surface area contributed by atoms with Gasteiger partial charge in [-0.05, 0) is 30.3 Å². The lowest BCUT2D eigenvalue weighted by atomic mass is 10.2. The highest BCUT2D eigenvalue weighted by Gasteiger charge is 2.24. The number of hydrogen-bond donors (Lipinski definition) is 0. The third kappa shape index (κ3) is 4.99. The molecule has 0 saturated carbocycles. The maximum absolute atomic E-state index is 12.6. The van der Waals surface area contributed by atoms with Gasteiger partial charge in [0, 0.05) is 26.2 Å². The number of carbonyl (C=O) groups excluding carboxylic acids is 1. The predicted molar refractivity (Wildman–Crippen MR) is 102 cm³/mol. The highest BCUT2D eigenvalue weighted by atomic mass is 32.2. The van der Waals surface area contributed by atoms with Crippen molar-refractivity contribution in [1.29, 1.82) is 0 Å². The Morgan fingerprint density at radius 2 is 1.59 bits per heavy atom. The Morgan fingerprint density at radius 1 is 0.963 bits per heavy atom. The summed E-state index contributed by atoms with van der Waals surface area (Å²) in [7, 11) is 2.31. The lowest BCUT2D eigenvalue weighted by Crippen LogP contribution is -2.39. The van der Waals surface area contributed by atoms with E-state index < -0.39 is 10.0 Å². The van der Waals surface area contributed by atoms with Gasteiger partial charge in [-0.2, -0.15) is 4.31 Å². The number of ether oxygens (including phenoxy) is 2. The van der Waals surface area contributed by atoms with Crippen LogP contribution in [0.1, 0.15) is 5.56 Å². The first-order valence-corrected chi connectivity index (χ1v) is 9.70. The summed E-state index contributed by atoms with van der Waals surface area (Å²) in [6, 6.07) is 13.4. The van der Waals surface area contributed by atoms with Crippen LogP contribution in [0.3, 0.4) is 0 Å². The van der Waals surface area contributed by atoms with Gasteiger partial charge < -0.3 is 14.4 Å². The molecular formula is C19H24N2O5S. The van der Waals surface area contributed by atoms with Crippen molar-refractivity contribution in [3.63, 3.8) is 0 Å². The van der Waals surface area contributed by atoms with Crippen molar-refractivity contribution in [2.75, 3.05) is 34.9 Å². The zero-order valence-electron chi connectivity index (χ0n) is 15.9.